The number of nitrogens with zero attached hydrogens (tertiary/aromatic N) is 1. The molecule has 0 saturated heterocycles. The van der Waals surface area contributed by atoms with E-state index in [1.54, 1.807) is 7.11 Å². The van der Waals surface area contributed by atoms with E-state index in [4.69, 9.17) is 4.74 Å². The van der Waals surface area contributed by atoms with Gasteiger partial charge >= 0.3 is 0 Å². The zero-order valence-corrected chi connectivity index (χ0v) is 6.32. The second kappa shape index (κ2) is 2.31. The van der Waals surface area contributed by atoms with Gasteiger partial charge in [-0.05, 0) is 12.1 Å². The second-order valence-electron chi connectivity index (χ2n) is 2.41. The number of ether oxygens (including phenoxy) is 1. The molecule has 11 heavy (non-hydrogen) atoms. The van der Waals surface area contributed by atoms with Crippen molar-refractivity contribution in [3.05, 3.63) is 36.7 Å². The zero-order chi connectivity index (χ0) is 7.68. The molecular weight excluding hydrogens is 138 g/mol. The lowest BCUT2D eigenvalue weighted by molar-refractivity contribution is 0.415. The third-order valence-electron chi connectivity index (χ3n) is 1.72. The molecule has 0 aliphatic carbocycles. The summed E-state index contributed by atoms with van der Waals surface area (Å²) >= 11 is 0. The lowest BCUT2D eigenvalue weighted by atomic mass is 10.4. The molecule has 0 atom stereocenters. The van der Waals surface area contributed by atoms with Gasteiger partial charge < -0.3 is 9.14 Å². The number of rotatable bonds is 1. The van der Waals surface area contributed by atoms with E-state index >= 15 is 0 Å². The molecule has 2 nitrogen and oxygen atoms in total. The fraction of sp³-hybridized carbons (Fsp3) is 0.111. The quantitative estimate of drug-likeness (QED) is 0.601. The van der Waals surface area contributed by atoms with Crippen molar-refractivity contribution >= 4 is 5.52 Å². The molecule has 0 aromatic carbocycles. The first-order chi connectivity index (χ1) is 5.40. The fourth-order valence-corrected chi connectivity index (χ4v) is 1.14. The van der Waals surface area contributed by atoms with Crippen molar-refractivity contribution in [1.29, 1.82) is 0 Å². The molecule has 0 saturated carbocycles. The Bertz CT molecular complexity index is 331. The molecule has 2 aromatic rings. The average molecular weight is 147 g/mol. The first-order valence-corrected chi connectivity index (χ1v) is 3.51. The fourth-order valence-electron chi connectivity index (χ4n) is 1.14. The molecule has 0 spiro atoms. The van der Waals surface area contributed by atoms with Crippen LogP contribution in [0, 0.1) is 0 Å². The number of methoxy groups -OCH3 is 1. The predicted octanol–water partition coefficient (Wildman–Crippen LogP) is 1.95. The number of aromatic nitrogens is 1. The summed E-state index contributed by atoms with van der Waals surface area (Å²) in [5.74, 6) is 0.899. The van der Waals surface area contributed by atoms with Crippen molar-refractivity contribution in [2.75, 3.05) is 7.11 Å². The summed E-state index contributed by atoms with van der Waals surface area (Å²) in [6, 6.07) is 8.05. The Balaban J connectivity index is 2.69. The zero-order valence-electron chi connectivity index (χ0n) is 6.32. The Kier molecular flexibility index (Phi) is 1.32. The van der Waals surface area contributed by atoms with Gasteiger partial charge in [0.15, 0.2) is 0 Å². The molecule has 0 aliphatic rings. The van der Waals surface area contributed by atoms with Crippen molar-refractivity contribution in [3.8, 4) is 5.75 Å². The van der Waals surface area contributed by atoms with Gasteiger partial charge in [-0.1, -0.05) is 6.07 Å². The van der Waals surface area contributed by atoms with Crippen molar-refractivity contribution in [1.82, 2.24) is 4.40 Å². The van der Waals surface area contributed by atoms with Gasteiger partial charge in [-0.3, -0.25) is 0 Å². The lowest BCUT2D eigenvalue weighted by Crippen LogP contribution is -1.78. The molecule has 2 heterocycles. The summed E-state index contributed by atoms with van der Waals surface area (Å²) in [5, 5.41) is 0. The molecule has 2 rings (SSSR count). The van der Waals surface area contributed by atoms with Crippen molar-refractivity contribution in [3.63, 3.8) is 0 Å². The van der Waals surface area contributed by atoms with Gasteiger partial charge in [0.2, 0.25) is 0 Å². The van der Waals surface area contributed by atoms with E-state index in [1.807, 2.05) is 41.1 Å². The van der Waals surface area contributed by atoms with E-state index in [1.165, 1.54) is 0 Å². The lowest BCUT2D eigenvalue weighted by Gasteiger charge is -1.89. The van der Waals surface area contributed by atoms with Gasteiger partial charge in [-0.2, -0.15) is 0 Å². The number of fused-ring (bicyclic) bond motifs is 1. The summed E-state index contributed by atoms with van der Waals surface area (Å²) in [6.45, 7) is 0. The molecule has 2 aromatic heterocycles. The van der Waals surface area contributed by atoms with Crippen LogP contribution in [0.5, 0.6) is 5.75 Å². The van der Waals surface area contributed by atoms with Crippen LogP contribution in [0.1, 0.15) is 0 Å². The molecule has 0 bridgehead atoms. The van der Waals surface area contributed by atoms with E-state index in [0.29, 0.717) is 0 Å². The van der Waals surface area contributed by atoms with Crippen LogP contribution < -0.4 is 4.74 Å². The molecule has 0 radical (unpaired) electrons. The van der Waals surface area contributed by atoms with Gasteiger partial charge in [0.1, 0.15) is 5.75 Å². The van der Waals surface area contributed by atoms with Gasteiger partial charge in [-0.25, -0.2) is 0 Å². The second-order valence-corrected chi connectivity index (χ2v) is 2.41. The van der Waals surface area contributed by atoms with E-state index in [2.05, 4.69) is 0 Å². The van der Waals surface area contributed by atoms with Crippen LogP contribution in [0.4, 0.5) is 0 Å². The minimum atomic E-state index is 0.899. The predicted molar refractivity (Wildman–Crippen MR) is 43.9 cm³/mol. The molecule has 2 heteroatoms. The Hall–Kier alpha value is -1.44. The van der Waals surface area contributed by atoms with Gasteiger partial charge in [0, 0.05) is 17.8 Å². The molecule has 0 aliphatic heterocycles. The third-order valence-corrected chi connectivity index (χ3v) is 1.72. The van der Waals surface area contributed by atoms with E-state index in [0.717, 1.165) is 11.3 Å². The summed E-state index contributed by atoms with van der Waals surface area (Å²) in [7, 11) is 1.68. The van der Waals surface area contributed by atoms with Gasteiger partial charge in [0.05, 0.1) is 13.3 Å². The highest BCUT2D eigenvalue weighted by Crippen LogP contribution is 2.15. The molecule has 0 fully saturated rings. The SMILES string of the molecule is COc1cc2ccccn2c1. The van der Waals surface area contributed by atoms with Crippen LogP contribution in [0.3, 0.4) is 0 Å². The third kappa shape index (κ3) is 0.963. The summed E-state index contributed by atoms with van der Waals surface area (Å²) in [6.07, 6.45) is 3.95. The Labute approximate surface area is 65.0 Å². The summed E-state index contributed by atoms with van der Waals surface area (Å²) in [4.78, 5) is 0. The monoisotopic (exact) mass is 147 g/mol. The number of pyridine rings is 1. The summed E-state index contributed by atoms with van der Waals surface area (Å²) < 4.78 is 7.10. The maximum Gasteiger partial charge on any atom is 0.137 e. The first-order valence-electron chi connectivity index (χ1n) is 3.51. The minimum Gasteiger partial charge on any atom is -0.495 e. The van der Waals surface area contributed by atoms with Crippen LogP contribution >= 0.6 is 0 Å². The normalized spacial score (nSPS) is 10.3. The average Bonchev–Trinajstić information content (AvgIpc) is 2.46. The maximum absolute atomic E-state index is 5.08. The smallest absolute Gasteiger partial charge is 0.137 e. The standard InChI is InChI=1S/C9H9NO/c1-11-9-6-8-4-2-3-5-10(8)7-9/h2-7H,1H3. The topological polar surface area (TPSA) is 13.6 Å². The van der Waals surface area contributed by atoms with Crippen LogP contribution in [0.2, 0.25) is 0 Å². The summed E-state index contributed by atoms with van der Waals surface area (Å²) in [5.41, 5.74) is 1.16. The molecule has 0 amide bonds. The highest BCUT2D eigenvalue weighted by atomic mass is 16.5. The van der Waals surface area contributed by atoms with Gasteiger partial charge in [0.25, 0.3) is 0 Å². The Morgan fingerprint density at radius 3 is 3.00 bits per heavy atom. The van der Waals surface area contributed by atoms with E-state index < -0.39 is 0 Å². The van der Waals surface area contributed by atoms with Crippen molar-refractivity contribution in [2.24, 2.45) is 0 Å². The van der Waals surface area contributed by atoms with Crippen LogP contribution in [-0.2, 0) is 0 Å². The van der Waals surface area contributed by atoms with E-state index in [-0.39, 0.29) is 0 Å². The van der Waals surface area contributed by atoms with Crippen molar-refractivity contribution < 1.29 is 4.74 Å². The molecule has 0 unspecified atom stereocenters. The van der Waals surface area contributed by atoms with Gasteiger partial charge in [-0.15, -0.1) is 0 Å². The number of hydrogen-bond acceptors (Lipinski definition) is 1. The minimum absolute atomic E-state index is 0.899. The maximum atomic E-state index is 5.08. The Morgan fingerprint density at radius 2 is 2.27 bits per heavy atom. The highest BCUT2D eigenvalue weighted by Gasteiger charge is 1.95. The first kappa shape index (κ1) is 6.28. The largest absolute Gasteiger partial charge is 0.495 e. The van der Waals surface area contributed by atoms with Crippen LogP contribution in [0.25, 0.3) is 5.52 Å². The van der Waals surface area contributed by atoms with E-state index in [9.17, 15) is 0 Å². The number of hydrogen-bond donors (Lipinski definition) is 0. The van der Waals surface area contributed by atoms with Crippen LogP contribution in [-0.4, -0.2) is 11.5 Å². The molecule has 0 N–H and O–H groups in total. The molecule has 56 valence electrons. The Morgan fingerprint density at radius 1 is 1.36 bits per heavy atom. The highest BCUT2D eigenvalue weighted by molar-refractivity contribution is 5.52. The van der Waals surface area contributed by atoms with Crippen molar-refractivity contribution in [2.45, 2.75) is 0 Å². The molecular formula is C9H9NO. The van der Waals surface area contributed by atoms with Crippen LogP contribution in [0.15, 0.2) is 36.7 Å².